The quantitative estimate of drug-likeness (QED) is 0.483. The smallest absolute Gasteiger partial charge is 0.0862 e. The maximum absolute atomic E-state index is 7.42. The van der Waals surface area contributed by atoms with Crippen molar-refractivity contribution in [2.75, 3.05) is 31.7 Å². The second-order valence-electron chi connectivity index (χ2n) is 3.08. The third-order valence-electron chi connectivity index (χ3n) is 1.52. The Balaban J connectivity index is 0. The lowest BCUT2D eigenvalue weighted by Crippen LogP contribution is -2.39. The van der Waals surface area contributed by atoms with E-state index in [0.29, 0.717) is 0 Å². The number of nitrogens with two attached hydrogens (primary N) is 3. The van der Waals surface area contributed by atoms with Crippen molar-refractivity contribution < 1.29 is 30.2 Å². The van der Waals surface area contributed by atoms with Crippen LogP contribution in [0.25, 0.3) is 0 Å². The Hall–Kier alpha value is -1.21. The van der Waals surface area contributed by atoms with Gasteiger partial charge in [0.2, 0.25) is 0 Å². The molecule has 2 aliphatic rings. The zero-order valence-corrected chi connectivity index (χ0v) is 10.7. The van der Waals surface area contributed by atoms with Crippen LogP contribution in [-0.4, -0.2) is 43.0 Å². The molecule has 136 valence electrons. The van der Waals surface area contributed by atoms with Crippen molar-refractivity contribution in [1.29, 1.82) is 0 Å². The van der Waals surface area contributed by atoms with Gasteiger partial charge >= 0.3 is 0 Å². The first-order valence-electron chi connectivity index (χ1n) is 16.3. The van der Waals surface area contributed by atoms with Gasteiger partial charge in [0.15, 0.2) is 0 Å². The molecule has 6 nitrogen and oxygen atoms in total. The van der Waals surface area contributed by atoms with Crippen LogP contribution in [-0.2, 0) is 0 Å². The molecule has 0 aromatic carbocycles. The van der Waals surface area contributed by atoms with E-state index >= 15 is 0 Å². The molecule has 1 aromatic rings. The Kier molecular flexibility index (Phi) is 3.68. The van der Waals surface area contributed by atoms with E-state index in [1.165, 1.54) is 0 Å². The van der Waals surface area contributed by atoms with Crippen LogP contribution >= 0.6 is 0 Å². The first kappa shape index (κ1) is 5.39. The molecule has 3 heterocycles. The Morgan fingerprint density at radius 1 is 1.13 bits per heavy atom. The van der Waals surface area contributed by atoms with Crippen molar-refractivity contribution in [3.63, 3.8) is 0 Å². The summed E-state index contributed by atoms with van der Waals surface area (Å²) < 4.78 is 160. The van der Waals surface area contributed by atoms with Gasteiger partial charge in [-0.1, -0.05) is 14.9 Å². The summed E-state index contributed by atoms with van der Waals surface area (Å²) in [5.41, 5.74) is 15.4. The molecule has 0 aliphatic carbocycles. The Morgan fingerprint density at radius 3 is 2.17 bits per heavy atom. The minimum absolute atomic E-state index is 0. The van der Waals surface area contributed by atoms with E-state index in [-0.39, 0.29) is 45.0 Å². The molecule has 0 radical (unpaired) electrons. The number of anilines is 1. The highest BCUT2D eigenvalue weighted by atomic mass is 14.9. The van der Waals surface area contributed by atoms with Crippen LogP contribution in [0.4, 0.5) is 5.69 Å². The predicted octanol–water partition coefficient (Wildman–Crippen LogP) is 1.33. The molecular formula is C17H38N6. The highest BCUT2D eigenvalue weighted by Gasteiger charge is 2.05. The number of rotatable bonds is 0. The van der Waals surface area contributed by atoms with E-state index in [0.717, 1.165) is 0 Å². The summed E-state index contributed by atoms with van der Waals surface area (Å²) in [4.78, 5) is 3.33. The lowest BCUT2D eigenvalue weighted by atomic mass is 10.1. The second kappa shape index (κ2) is 15.7. The molecule has 2 aliphatic heterocycles. The van der Waals surface area contributed by atoms with Crippen LogP contribution in [0.2, 0.25) is 0 Å². The monoisotopic (exact) mass is 348 g/mol. The van der Waals surface area contributed by atoms with E-state index in [4.69, 9.17) is 47.4 Å². The van der Waals surface area contributed by atoms with Crippen molar-refractivity contribution in [3.05, 3.63) is 24.4 Å². The van der Waals surface area contributed by atoms with E-state index in [9.17, 15) is 0 Å². The van der Waals surface area contributed by atoms with Crippen LogP contribution in [0, 0.1) is 0 Å². The first-order valence-corrected chi connectivity index (χ1v) is 5.31. The van der Waals surface area contributed by atoms with Gasteiger partial charge in [0, 0.05) is 62.0 Å². The summed E-state index contributed by atoms with van der Waals surface area (Å²) in [6.45, 7) is -11.7. The van der Waals surface area contributed by atoms with Crippen molar-refractivity contribution >= 4 is 5.69 Å². The fraction of sp³-hybridized carbons (Fsp3) is 0.706. The van der Waals surface area contributed by atoms with Gasteiger partial charge in [-0.25, -0.2) is 0 Å². The third-order valence-corrected chi connectivity index (χ3v) is 1.52. The fourth-order valence-electron chi connectivity index (χ4n) is 0.759. The highest BCUT2D eigenvalue weighted by molar-refractivity contribution is 5.32. The fourth-order valence-corrected chi connectivity index (χ4v) is 0.759. The van der Waals surface area contributed by atoms with Gasteiger partial charge in [0.25, 0.3) is 0 Å². The van der Waals surface area contributed by atoms with E-state index in [1.807, 2.05) is 0 Å². The van der Waals surface area contributed by atoms with Crippen molar-refractivity contribution in [3.8, 4) is 0 Å². The molecule has 2 fully saturated rings. The number of nitrogens with zero attached hydrogens (tertiary/aromatic N) is 1. The van der Waals surface area contributed by atoms with Gasteiger partial charge in [-0.15, -0.1) is 0 Å². The summed E-state index contributed by atoms with van der Waals surface area (Å²) >= 11 is 0. The van der Waals surface area contributed by atoms with Gasteiger partial charge in [0.05, 0.1) is 11.2 Å². The topological polar surface area (TPSA) is 115 Å². The largest absolute Gasteiger partial charge is 0.397 e. The van der Waals surface area contributed by atoms with Crippen LogP contribution < -0.4 is 27.8 Å². The summed E-state index contributed by atoms with van der Waals surface area (Å²) in [5, 5.41) is 3.21. The van der Waals surface area contributed by atoms with Crippen LogP contribution in [0.15, 0.2) is 24.4 Å². The number of pyridine rings is 1. The molecule has 3 rings (SSSR count). The Morgan fingerprint density at radius 2 is 1.65 bits per heavy atom. The van der Waals surface area contributed by atoms with Gasteiger partial charge in [-0.05, 0) is 50.6 Å². The molecule has 0 saturated carbocycles. The first-order chi connectivity index (χ1) is 18.5. The number of aromatic nitrogens is 1. The highest BCUT2D eigenvalue weighted by Crippen LogP contribution is 1.97. The maximum Gasteiger partial charge on any atom is 0.0862 e. The average molecular weight is 349 g/mol. The van der Waals surface area contributed by atoms with Crippen molar-refractivity contribution in [1.82, 2.24) is 15.6 Å². The summed E-state index contributed by atoms with van der Waals surface area (Å²) in [6, 6.07) is -6.53. The zero-order chi connectivity index (χ0) is 35.0. The average Bonchev–Trinajstić information content (AvgIpc) is 2.78. The molecule has 8 N–H and O–H groups in total. The van der Waals surface area contributed by atoms with Gasteiger partial charge in [-0.3, -0.25) is 4.98 Å². The second-order valence-corrected chi connectivity index (χ2v) is 3.08. The lowest BCUT2D eigenvalue weighted by Gasteiger charge is -2.17. The third kappa shape index (κ3) is 14.1. The van der Waals surface area contributed by atoms with Crippen LogP contribution in [0.5, 0.6) is 0 Å². The number of piperidine rings is 2. The number of hydrogen-bond acceptors (Lipinski definition) is 6. The number of hydrogen-bond donors (Lipinski definition) is 5. The molecule has 6 heteroatoms. The standard InChI is InChI=1S/2C5H12N2.C5H6N2.2CH4/c3*6-5-2-1-3-7-4-5;;/h2*5,7H,1-4,6H2;1-4H,6H2;2*1H4/t5-;;;;/m1..../s1/i2*1D2,2D2,3D2,4D2,5D;1D,2D,3D,4D;;. The molecule has 0 bridgehead atoms. The van der Waals surface area contributed by atoms with E-state index in [1.54, 1.807) is 10.6 Å². The minimum atomic E-state index is -3.20. The van der Waals surface area contributed by atoms with Crippen molar-refractivity contribution in [2.45, 2.75) is 52.4 Å². The normalized spacial score (nSPS) is 60.6. The lowest BCUT2D eigenvalue weighted by molar-refractivity contribution is 0.459. The molecule has 2 saturated heterocycles. The van der Waals surface area contributed by atoms with E-state index in [2.05, 4.69) is 4.98 Å². The summed E-state index contributed by atoms with van der Waals surface area (Å²) in [5.74, 6) is 0. The molecule has 1 unspecified atom stereocenters. The number of nitrogens with one attached hydrogen (secondary N) is 2. The number of nitrogen functional groups attached to an aromatic ring is 1. The van der Waals surface area contributed by atoms with Gasteiger partial charge < -0.3 is 27.8 Å². The molecule has 1 aromatic heterocycles. The van der Waals surface area contributed by atoms with Crippen molar-refractivity contribution in [2.24, 2.45) is 11.5 Å². The Labute approximate surface area is 173 Å². The molecular weight excluding hydrogens is 288 g/mol. The maximum atomic E-state index is 7.42. The molecule has 23 heavy (non-hydrogen) atoms. The summed E-state index contributed by atoms with van der Waals surface area (Å²) in [6.07, 6.45) is -13.4. The summed E-state index contributed by atoms with van der Waals surface area (Å²) in [7, 11) is 0. The van der Waals surface area contributed by atoms with E-state index < -0.39 is 63.5 Å². The van der Waals surface area contributed by atoms with Gasteiger partial charge in [-0.2, -0.15) is 0 Å². The predicted molar refractivity (Wildman–Crippen MR) is 102 cm³/mol. The molecule has 2 atom stereocenters. The SMILES string of the molecule is C.C.[2H]C1([2H])NC([2H])([2H])C([2H])(N)C([2H])([2H])C1([2H])[2H].[2H]C1([2H])NC([2H])([2H])[C@]([2H])(N)C([2H])([2H])C1([2H])[2H].[2H]c1nc([2H])c(N)c([2H])c1[2H]. The zero-order valence-electron chi connectivity index (χ0n) is 32.7. The van der Waals surface area contributed by atoms with Crippen LogP contribution in [0.3, 0.4) is 0 Å². The Bertz CT molecular complexity index is 1070. The molecule has 0 spiro atoms. The van der Waals surface area contributed by atoms with Gasteiger partial charge in [0.1, 0.15) is 0 Å². The molecule has 0 amide bonds. The minimum Gasteiger partial charge on any atom is -0.397 e. The van der Waals surface area contributed by atoms with Crippen LogP contribution in [0.1, 0.15) is 70.5 Å².